The Hall–Kier alpha value is -0.710. The molecule has 0 aliphatic carbocycles. The SMILES string of the molecule is CCCC(C(=O)NC)C(=NO)SC. The van der Waals surface area contributed by atoms with Crippen molar-refractivity contribution in [2.45, 2.75) is 19.8 Å². The Balaban J connectivity index is 4.48. The summed E-state index contributed by atoms with van der Waals surface area (Å²) in [6.07, 6.45) is 3.39. The number of carbonyl (C=O) groups excluding carboxylic acids is 1. The number of thioether (sulfide) groups is 1. The zero-order valence-electron chi connectivity index (χ0n) is 8.20. The molecule has 0 aromatic rings. The van der Waals surface area contributed by atoms with E-state index >= 15 is 0 Å². The molecule has 0 fully saturated rings. The number of nitrogens with one attached hydrogen (secondary N) is 1. The van der Waals surface area contributed by atoms with Gasteiger partial charge in [0.15, 0.2) is 0 Å². The van der Waals surface area contributed by atoms with Gasteiger partial charge in [-0.3, -0.25) is 4.79 Å². The van der Waals surface area contributed by atoms with E-state index < -0.39 is 0 Å². The maximum atomic E-state index is 11.3. The van der Waals surface area contributed by atoms with Crippen molar-refractivity contribution in [3.63, 3.8) is 0 Å². The first-order valence-corrected chi connectivity index (χ1v) is 5.41. The largest absolute Gasteiger partial charge is 0.410 e. The van der Waals surface area contributed by atoms with E-state index in [2.05, 4.69) is 10.5 Å². The minimum absolute atomic E-state index is 0.0935. The minimum Gasteiger partial charge on any atom is -0.410 e. The van der Waals surface area contributed by atoms with Crippen molar-refractivity contribution >= 4 is 22.7 Å². The van der Waals surface area contributed by atoms with Gasteiger partial charge in [-0.25, -0.2) is 0 Å². The van der Waals surface area contributed by atoms with Crippen LogP contribution in [0.2, 0.25) is 0 Å². The Morgan fingerprint density at radius 1 is 1.69 bits per heavy atom. The highest BCUT2D eigenvalue weighted by molar-refractivity contribution is 8.13. The van der Waals surface area contributed by atoms with Crippen LogP contribution in [0.25, 0.3) is 0 Å². The molecule has 0 aromatic heterocycles. The van der Waals surface area contributed by atoms with Gasteiger partial charge in [0.1, 0.15) is 5.04 Å². The van der Waals surface area contributed by atoms with Crippen LogP contribution >= 0.6 is 11.8 Å². The molecule has 13 heavy (non-hydrogen) atoms. The van der Waals surface area contributed by atoms with Crippen LogP contribution in [0.15, 0.2) is 5.16 Å². The summed E-state index contributed by atoms with van der Waals surface area (Å²) in [6, 6.07) is 0. The van der Waals surface area contributed by atoms with Gasteiger partial charge < -0.3 is 10.5 Å². The summed E-state index contributed by atoms with van der Waals surface area (Å²) in [5, 5.41) is 14.8. The van der Waals surface area contributed by atoms with Crippen LogP contribution in [0.3, 0.4) is 0 Å². The first-order valence-electron chi connectivity index (χ1n) is 4.18. The van der Waals surface area contributed by atoms with E-state index in [1.54, 1.807) is 13.3 Å². The fourth-order valence-corrected chi connectivity index (χ4v) is 1.67. The van der Waals surface area contributed by atoms with E-state index in [0.717, 1.165) is 6.42 Å². The summed E-state index contributed by atoms with van der Waals surface area (Å²) in [7, 11) is 1.58. The molecule has 1 unspecified atom stereocenters. The van der Waals surface area contributed by atoms with Crippen molar-refractivity contribution in [2.75, 3.05) is 13.3 Å². The lowest BCUT2D eigenvalue weighted by molar-refractivity contribution is -0.122. The summed E-state index contributed by atoms with van der Waals surface area (Å²) in [5.74, 6) is -0.404. The van der Waals surface area contributed by atoms with Gasteiger partial charge >= 0.3 is 0 Å². The molecule has 0 spiro atoms. The quantitative estimate of drug-likeness (QED) is 0.314. The van der Waals surface area contributed by atoms with Gasteiger partial charge in [-0.2, -0.15) is 0 Å². The molecule has 0 rings (SSSR count). The molecule has 1 amide bonds. The number of amides is 1. The van der Waals surface area contributed by atoms with Crippen molar-refractivity contribution in [1.29, 1.82) is 0 Å². The standard InChI is InChI=1S/C8H16N2O2S/c1-4-5-6(7(11)9-2)8(10-12)13-3/h6,12H,4-5H2,1-3H3,(H,9,11). The van der Waals surface area contributed by atoms with Crippen molar-refractivity contribution in [3.8, 4) is 0 Å². The van der Waals surface area contributed by atoms with E-state index in [1.807, 2.05) is 6.92 Å². The molecular weight excluding hydrogens is 188 g/mol. The second-order valence-corrected chi connectivity index (χ2v) is 3.42. The summed E-state index contributed by atoms with van der Waals surface area (Å²) < 4.78 is 0. The topological polar surface area (TPSA) is 61.7 Å². The Kier molecular flexibility index (Phi) is 6.40. The third-order valence-electron chi connectivity index (χ3n) is 1.75. The summed E-state index contributed by atoms with van der Waals surface area (Å²) in [4.78, 5) is 11.3. The maximum absolute atomic E-state index is 11.3. The van der Waals surface area contributed by atoms with Gasteiger partial charge in [0.05, 0.1) is 5.92 Å². The van der Waals surface area contributed by atoms with Gasteiger partial charge in [0.2, 0.25) is 5.91 Å². The van der Waals surface area contributed by atoms with E-state index in [4.69, 9.17) is 5.21 Å². The normalized spacial score (nSPS) is 13.9. The average molecular weight is 204 g/mol. The first kappa shape index (κ1) is 12.3. The number of nitrogens with zero attached hydrogens (tertiary/aromatic N) is 1. The van der Waals surface area contributed by atoms with Crippen molar-refractivity contribution in [2.24, 2.45) is 11.1 Å². The highest BCUT2D eigenvalue weighted by atomic mass is 32.2. The molecule has 0 radical (unpaired) electrons. The molecule has 0 saturated carbocycles. The highest BCUT2D eigenvalue weighted by Gasteiger charge is 2.22. The Morgan fingerprint density at radius 2 is 2.31 bits per heavy atom. The molecule has 0 aromatic carbocycles. The zero-order chi connectivity index (χ0) is 10.3. The molecule has 0 bridgehead atoms. The molecular formula is C8H16N2O2S. The van der Waals surface area contributed by atoms with Gasteiger partial charge in [0.25, 0.3) is 0 Å². The molecule has 1 atom stereocenters. The van der Waals surface area contributed by atoms with Crippen LogP contribution in [-0.4, -0.2) is 29.5 Å². The molecule has 76 valence electrons. The Bertz CT molecular complexity index is 195. The first-order chi connectivity index (χ1) is 6.21. The highest BCUT2D eigenvalue weighted by Crippen LogP contribution is 2.16. The predicted octanol–water partition coefficient (Wildman–Crippen LogP) is 1.30. The fraction of sp³-hybridized carbons (Fsp3) is 0.750. The zero-order valence-corrected chi connectivity index (χ0v) is 9.02. The molecule has 5 heteroatoms. The van der Waals surface area contributed by atoms with Gasteiger partial charge in [0, 0.05) is 7.05 Å². The lowest BCUT2D eigenvalue weighted by atomic mass is 10.0. The number of carbonyl (C=O) groups is 1. The number of hydrogen-bond acceptors (Lipinski definition) is 4. The third-order valence-corrected chi connectivity index (χ3v) is 2.53. The van der Waals surface area contributed by atoms with Crippen molar-refractivity contribution in [1.82, 2.24) is 5.32 Å². The summed E-state index contributed by atoms with van der Waals surface area (Å²) >= 11 is 1.30. The molecule has 4 nitrogen and oxygen atoms in total. The van der Waals surface area contributed by atoms with Crippen LogP contribution in [-0.2, 0) is 4.79 Å². The number of hydrogen-bond donors (Lipinski definition) is 2. The Morgan fingerprint density at radius 3 is 2.62 bits per heavy atom. The van der Waals surface area contributed by atoms with Crippen molar-refractivity contribution < 1.29 is 10.0 Å². The van der Waals surface area contributed by atoms with Gasteiger partial charge in [-0.1, -0.05) is 18.5 Å². The second-order valence-electron chi connectivity index (χ2n) is 2.60. The minimum atomic E-state index is -0.310. The number of rotatable bonds is 4. The molecule has 0 heterocycles. The fourth-order valence-electron chi connectivity index (χ4n) is 1.08. The summed E-state index contributed by atoms with van der Waals surface area (Å²) in [5.41, 5.74) is 0. The summed E-state index contributed by atoms with van der Waals surface area (Å²) in [6.45, 7) is 1.99. The predicted molar refractivity (Wildman–Crippen MR) is 55.2 cm³/mol. The monoisotopic (exact) mass is 204 g/mol. The van der Waals surface area contributed by atoms with E-state index in [0.29, 0.717) is 11.5 Å². The van der Waals surface area contributed by atoms with E-state index in [-0.39, 0.29) is 11.8 Å². The van der Waals surface area contributed by atoms with Crippen LogP contribution in [0.5, 0.6) is 0 Å². The third kappa shape index (κ3) is 3.67. The molecule has 0 saturated heterocycles. The van der Waals surface area contributed by atoms with Crippen LogP contribution in [0.4, 0.5) is 0 Å². The number of oxime groups is 1. The second kappa shape index (κ2) is 6.77. The molecule has 0 aliphatic rings. The average Bonchev–Trinajstić information content (AvgIpc) is 2.17. The van der Waals surface area contributed by atoms with Crippen LogP contribution < -0.4 is 5.32 Å². The molecule has 0 aliphatic heterocycles. The van der Waals surface area contributed by atoms with E-state index in [9.17, 15) is 4.79 Å². The molecule has 2 N–H and O–H groups in total. The smallest absolute Gasteiger partial charge is 0.229 e. The Labute approximate surface area is 82.8 Å². The van der Waals surface area contributed by atoms with Gasteiger partial charge in [-0.15, -0.1) is 11.8 Å². The van der Waals surface area contributed by atoms with E-state index in [1.165, 1.54) is 11.8 Å². The van der Waals surface area contributed by atoms with Crippen LogP contribution in [0, 0.1) is 5.92 Å². The van der Waals surface area contributed by atoms with Gasteiger partial charge in [-0.05, 0) is 12.7 Å². The maximum Gasteiger partial charge on any atom is 0.229 e. The van der Waals surface area contributed by atoms with Crippen LogP contribution in [0.1, 0.15) is 19.8 Å². The van der Waals surface area contributed by atoms with Crippen molar-refractivity contribution in [3.05, 3.63) is 0 Å². The lowest BCUT2D eigenvalue weighted by Gasteiger charge is -2.13. The lowest BCUT2D eigenvalue weighted by Crippen LogP contribution is -2.31.